The van der Waals surface area contributed by atoms with E-state index in [9.17, 15) is 9.90 Å². The molecule has 0 spiro atoms. The zero-order valence-electron chi connectivity index (χ0n) is 14.6. The van der Waals surface area contributed by atoms with E-state index in [1.807, 2.05) is 42.5 Å². The van der Waals surface area contributed by atoms with Crippen LogP contribution in [-0.2, 0) is 18.4 Å². The predicted molar refractivity (Wildman–Crippen MR) is 95.0 cm³/mol. The summed E-state index contributed by atoms with van der Waals surface area (Å²) in [7, 11) is 1.91. The quantitative estimate of drug-likeness (QED) is 0.931. The molecule has 4 rings (SSSR count). The highest BCUT2D eigenvalue weighted by Gasteiger charge is 2.46. The fourth-order valence-electron chi connectivity index (χ4n) is 4.19. The minimum Gasteiger partial charge on any atom is -0.392 e. The first-order valence-corrected chi connectivity index (χ1v) is 9.13. The fourth-order valence-corrected chi connectivity index (χ4v) is 4.19. The number of aryl methyl sites for hydroxylation is 1. The first-order valence-electron chi connectivity index (χ1n) is 9.13. The molecule has 132 valence electrons. The summed E-state index contributed by atoms with van der Waals surface area (Å²) in [6.45, 7) is 1.73. The molecule has 1 aliphatic heterocycles. The van der Waals surface area contributed by atoms with Crippen molar-refractivity contribution < 1.29 is 9.90 Å². The van der Waals surface area contributed by atoms with Crippen LogP contribution in [0.3, 0.4) is 0 Å². The monoisotopic (exact) mass is 339 g/mol. The van der Waals surface area contributed by atoms with Gasteiger partial charge in [-0.2, -0.15) is 5.10 Å². The molecule has 2 fully saturated rings. The standard InChI is InChI=1S/C20H25N3O2/c1-22-12-16(11-21-22)18-10-19(18)20(25)23-8-6-14(7-9-23)17-5-3-2-4-15(17)13-24/h2-5,11-12,14,18-19,24H,6-10,13H2,1H3/t18-,19+/m0/s1. The zero-order valence-corrected chi connectivity index (χ0v) is 14.6. The molecule has 2 heterocycles. The Morgan fingerprint density at radius 2 is 2.04 bits per heavy atom. The van der Waals surface area contributed by atoms with Gasteiger partial charge >= 0.3 is 0 Å². The highest BCUT2D eigenvalue weighted by atomic mass is 16.3. The van der Waals surface area contributed by atoms with Gasteiger partial charge in [-0.05, 0) is 47.8 Å². The number of carbonyl (C=O) groups excluding carboxylic acids is 1. The van der Waals surface area contributed by atoms with Crippen LogP contribution in [0.4, 0.5) is 0 Å². The Bertz CT molecular complexity index is 762. The van der Waals surface area contributed by atoms with Gasteiger partial charge in [0.2, 0.25) is 5.91 Å². The van der Waals surface area contributed by atoms with E-state index in [1.165, 1.54) is 11.1 Å². The lowest BCUT2D eigenvalue weighted by Gasteiger charge is -2.33. The number of hydrogen-bond donors (Lipinski definition) is 1. The minimum atomic E-state index is 0.0875. The van der Waals surface area contributed by atoms with Gasteiger partial charge in [0.15, 0.2) is 0 Å². The molecule has 2 aromatic rings. The van der Waals surface area contributed by atoms with Gasteiger partial charge in [-0.3, -0.25) is 9.48 Å². The lowest BCUT2D eigenvalue weighted by atomic mass is 9.86. The molecule has 0 bridgehead atoms. The summed E-state index contributed by atoms with van der Waals surface area (Å²) in [6, 6.07) is 8.12. The SMILES string of the molecule is Cn1cc([C@@H]2C[C@H]2C(=O)N2CCC(c3ccccc3CO)CC2)cn1. The van der Waals surface area contributed by atoms with Crippen LogP contribution >= 0.6 is 0 Å². The first kappa shape index (κ1) is 16.3. The lowest BCUT2D eigenvalue weighted by Crippen LogP contribution is -2.39. The smallest absolute Gasteiger partial charge is 0.226 e. The van der Waals surface area contributed by atoms with Crippen molar-refractivity contribution >= 4 is 5.91 Å². The summed E-state index contributed by atoms with van der Waals surface area (Å²) in [4.78, 5) is 14.8. The van der Waals surface area contributed by atoms with Crippen molar-refractivity contribution in [1.29, 1.82) is 0 Å². The second-order valence-electron chi connectivity index (χ2n) is 7.35. The van der Waals surface area contributed by atoms with Crippen LogP contribution in [0.25, 0.3) is 0 Å². The van der Waals surface area contributed by atoms with E-state index in [0.717, 1.165) is 37.9 Å². The third-order valence-electron chi connectivity index (χ3n) is 5.73. The second kappa shape index (κ2) is 6.64. The Hall–Kier alpha value is -2.14. The average Bonchev–Trinajstić information content (AvgIpc) is 3.34. The summed E-state index contributed by atoms with van der Waals surface area (Å²) in [5.74, 6) is 1.25. The van der Waals surface area contributed by atoms with Gasteiger partial charge in [-0.1, -0.05) is 24.3 Å². The van der Waals surface area contributed by atoms with Gasteiger partial charge in [-0.15, -0.1) is 0 Å². The van der Waals surface area contributed by atoms with E-state index in [0.29, 0.717) is 17.7 Å². The number of piperidine rings is 1. The third kappa shape index (κ3) is 3.21. The molecule has 1 N–H and O–H groups in total. The molecule has 1 aliphatic carbocycles. The molecule has 0 unspecified atom stereocenters. The lowest BCUT2D eigenvalue weighted by molar-refractivity contribution is -0.133. The van der Waals surface area contributed by atoms with Gasteiger partial charge in [0.05, 0.1) is 12.8 Å². The molecule has 1 amide bonds. The van der Waals surface area contributed by atoms with E-state index < -0.39 is 0 Å². The molecule has 0 radical (unpaired) electrons. The predicted octanol–water partition coefficient (Wildman–Crippen LogP) is 2.42. The molecule has 1 saturated heterocycles. The maximum atomic E-state index is 12.8. The van der Waals surface area contributed by atoms with Crippen molar-refractivity contribution in [1.82, 2.24) is 14.7 Å². The first-order chi connectivity index (χ1) is 12.2. The van der Waals surface area contributed by atoms with Gasteiger partial charge < -0.3 is 10.0 Å². The van der Waals surface area contributed by atoms with Crippen molar-refractivity contribution in [3.8, 4) is 0 Å². The Morgan fingerprint density at radius 3 is 2.72 bits per heavy atom. The van der Waals surface area contributed by atoms with Crippen molar-refractivity contribution in [2.24, 2.45) is 13.0 Å². The summed E-state index contributed by atoms with van der Waals surface area (Å²) in [6.07, 6.45) is 6.82. The molecule has 5 heteroatoms. The zero-order chi connectivity index (χ0) is 17.4. The van der Waals surface area contributed by atoms with E-state index in [-0.39, 0.29) is 12.5 Å². The summed E-state index contributed by atoms with van der Waals surface area (Å²) in [5, 5.41) is 13.8. The molecule has 25 heavy (non-hydrogen) atoms. The molecule has 5 nitrogen and oxygen atoms in total. The van der Waals surface area contributed by atoms with Gasteiger partial charge in [0.25, 0.3) is 0 Å². The topological polar surface area (TPSA) is 58.4 Å². The largest absolute Gasteiger partial charge is 0.392 e. The van der Waals surface area contributed by atoms with Crippen LogP contribution in [0.5, 0.6) is 0 Å². The Balaban J connectivity index is 1.35. The van der Waals surface area contributed by atoms with E-state index in [4.69, 9.17) is 0 Å². The number of benzene rings is 1. The maximum absolute atomic E-state index is 12.8. The number of likely N-dealkylation sites (tertiary alicyclic amines) is 1. The minimum absolute atomic E-state index is 0.0875. The highest BCUT2D eigenvalue weighted by molar-refractivity contribution is 5.83. The van der Waals surface area contributed by atoms with E-state index in [1.54, 1.807) is 4.68 Å². The number of aliphatic hydroxyl groups is 1. The highest BCUT2D eigenvalue weighted by Crippen LogP contribution is 2.48. The van der Waals surface area contributed by atoms with Crippen LogP contribution in [0.15, 0.2) is 36.7 Å². The molecule has 1 aromatic heterocycles. The molecular formula is C20H25N3O2. The van der Waals surface area contributed by atoms with Crippen LogP contribution in [0.1, 0.15) is 47.8 Å². The fraction of sp³-hybridized carbons (Fsp3) is 0.500. The maximum Gasteiger partial charge on any atom is 0.226 e. The average molecular weight is 339 g/mol. The second-order valence-corrected chi connectivity index (χ2v) is 7.35. The Morgan fingerprint density at radius 1 is 1.28 bits per heavy atom. The van der Waals surface area contributed by atoms with Crippen LogP contribution in [0, 0.1) is 5.92 Å². The molecule has 2 atom stereocenters. The number of hydrogen-bond acceptors (Lipinski definition) is 3. The van der Waals surface area contributed by atoms with E-state index in [2.05, 4.69) is 11.2 Å². The van der Waals surface area contributed by atoms with E-state index >= 15 is 0 Å². The number of carbonyl (C=O) groups is 1. The third-order valence-corrected chi connectivity index (χ3v) is 5.73. The van der Waals surface area contributed by atoms with Gasteiger partial charge in [0, 0.05) is 32.3 Å². The number of amides is 1. The number of aliphatic hydroxyl groups excluding tert-OH is 1. The van der Waals surface area contributed by atoms with Gasteiger partial charge in [-0.25, -0.2) is 0 Å². The molecule has 2 aliphatic rings. The molecule has 1 aromatic carbocycles. The summed E-state index contributed by atoms with van der Waals surface area (Å²) < 4.78 is 1.80. The van der Waals surface area contributed by atoms with Crippen LogP contribution in [-0.4, -0.2) is 38.8 Å². The van der Waals surface area contributed by atoms with Crippen molar-refractivity contribution in [2.75, 3.05) is 13.1 Å². The number of rotatable bonds is 4. The number of nitrogens with zero attached hydrogens (tertiary/aromatic N) is 3. The molecule has 1 saturated carbocycles. The normalized spacial score (nSPS) is 23.7. The summed E-state index contributed by atoms with van der Waals surface area (Å²) in [5.41, 5.74) is 3.45. The Labute approximate surface area is 148 Å². The molecular weight excluding hydrogens is 314 g/mol. The van der Waals surface area contributed by atoms with Gasteiger partial charge in [0.1, 0.15) is 0 Å². The van der Waals surface area contributed by atoms with Crippen LogP contribution < -0.4 is 0 Å². The van der Waals surface area contributed by atoms with Crippen LogP contribution in [0.2, 0.25) is 0 Å². The summed E-state index contributed by atoms with van der Waals surface area (Å²) >= 11 is 0. The Kier molecular flexibility index (Phi) is 4.34. The number of aromatic nitrogens is 2. The van der Waals surface area contributed by atoms with Crippen molar-refractivity contribution in [3.63, 3.8) is 0 Å². The van der Waals surface area contributed by atoms with Crippen molar-refractivity contribution in [2.45, 2.75) is 37.7 Å². The van der Waals surface area contributed by atoms with Crippen molar-refractivity contribution in [3.05, 3.63) is 53.3 Å².